The number of carboxylic acids is 1. The summed E-state index contributed by atoms with van der Waals surface area (Å²) in [7, 11) is 0. The number of carbonyl (C=O) groups excluding carboxylic acids is 1. The molecule has 0 aliphatic carbocycles. The highest BCUT2D eigenvalue weighted by molar-refractivity contribution is 5.95. The molecule has 1 heterocycles. The number of benzene rings is 3. The average molecular weight is 427 g/mol. The summed E-state index contributed by atoms with van der Waals surface area (Å²) in [5, 5.41) is 12.9. The third kappa shape index (κ3) is 4.84. The number of hydrogen-bond donors (Lipinski definition) is 3. The summed E-state index contributed by atoms with van der Waals surface area (Å²) in [5.41, 5.74) is 7.57. The van der Waals surface area contributed by atoms with Gasteiger partial charge in [-0.05, 0) is 48.0 Å². The fourth-order valence-corrected chi connectivity index (χ4v) is 3.37. The van der Waals surface area contributed by atoms with Gasteiger partial charge in [-0.2, -0.15) is 0 Å². The molecule has 3 aromatic carbocycles. The summed E-state index contributed by atoms with van der Waals surface area (Å²) < 4.78 is 5.96. The van der Waals surface area contributed by atoms with Gasteiger partial charge in [0.25, 0.3) is 5.91 Å². The van der Waals surface area contributed by atoms with E-state index in [0.717, 1.165) is 10.9 Å². The summed E-state index contributed by atoms with van der Waals surface area (Å²) in [4.78, 5) is 28.3. The van der Waals surface area contributed by atoms with E-state index in [2.05, 4.69) is 10.3 Å². The van der Waals surface area contributed by atoms with Crippen LogP contribution in [0.25, 0.3) is 10.9 Å². The van der Waals surface area contributed by atoms with Gasteiger partial charge in [-0.3, -0.25) is 9.59 Å². The number of rotatable bonds is 7. The summed E-state index contributed by atoms with van der Waals surface area (Å²) in [6.45, 7) is 0. The average Bonchev–Trinajstić information content (AvgIpc) is 2.80. The Hall–Kier alpha value is -4.39. The molecule has 4 N–H and O–H groups in total. The molecule has 160 valence electrons. The Kier molecular flexibility index (Phi) is 5.98. The van der Waals surface area contributed by atoms with Crippen LogP contribution >= 0.6 is 0 Å². The molecule has 7 nitrogen and oxygen atoms in total. The number of para-hydroxylation sites is 1. The van der Waals surface area contributed by atoms with Gasteiger partial charge in [0, 0.05) is 10.9 Å². The van der Waals surface area contributed by atoms with E-state index < -0.39 is 12.0 Å². The van der Waals surface area contributed by atoms with E-state index in [1.54, 1.807) is 60.7 Å². The number of nitrogens with two attached hydrogens (primary N) is 1. The summed E-state index contributed by atoms with van der Waals surface area (Å²) in [6, 6.07) is 24.2. The molecule has 1 atom stereocenters. The Labute approximate surface area is 184 Å². The number of hydrogen-bond acceptors (Lipinski definition) is 5. The largest absolute Gasteiger partial charge is 0.481 e. The Balaban J connectivity index is 1.50. The second-order valence-corrected chi connectivity index (χ2v) is 7.23. The lowest BCUT2D eigenvalue weighted by Gasteiger charge is -2.17. The first-order valence-electron chi connectivity index (χ1n) is 10.0. The quantitative estimate of drug-likeness (QED) is 0.398. The minimum Gasteiger partial charge on any atom is -0.481 e. The van der Waals surface area contributed by atoms with Crippen molar-refractivity contribution >= 4 is 28.6 Å². The Bertz CT molecular complexity index is 1260. The van der Waals surface area contributed by atoms with Gasteiger partial charge in [-0.15, -0.1) is 0 Å². The molecule has 7 heteroatoms. The van der Waals surface area contributed by atoms with Crippen molar-refractivity contribution in [2.24, 2.45) is 0 Å². The smallest absolute Gasteiger partial charge is 0.305 e. The molecule has 0 fully saturated rings. The number of amides is 1. The van der Waals surface area contributed by atoms with Gasteiger partial charge in [-0.1, -0.05) is 42.5 Å². The van der Waals surface area contributed by atoms with Crippen molar-refractivity contribution in [3.8, 4) is 11.5 Å². The lowest BCUT2D eigenvalue weighted by molar-refractivity contribution is -0.137. The Morgan fingerprint density at radius 3 is 2.41 bits per heavy atom. The molecule has 4 aromatic rings. The highest BCUT2D eigenvalue weighted by atomic mass is 16.5. The van der Waals surface area contributed by atoms with Gasteiger partial charge in [0.05, 0.1) is 12.5 Å². The van der Waals surface area contributed by atoms with Crippen molar-refractivity contribution in [3.63, 3.8) is 0 Å². The Morgan fingerprint density at radius 1 is 0.938 bits per heavy atom. The van der Waals surface area contributed by atoms with Crippen LogP contribution in [0.4, 0.5) is 5.82 Å². The van der Waals surface area contributed by atoms with E-state index in [1.165, 1.54) is 0 Å². The summed E-state index contributed by atoms with van der Waals surface area (Å²) >= 11 is 0. The van der Waals surface area contributed by atoms with Crippen LogP contribution in [0.1, 0.15) is 28.4 Å². The lowest BCUT2D eigenvalue weighted by Crippen LogP contribution is -2.30. The minimum atomic E-state index is -0.993. The fourth-order valence-electron chi connectivity index (χ4n) is 3.37. The zero-order valence-corrected chi connectivity index (χ0v) is 17.1. The van der Waals surface area contributed by atoms with Crippen molar-refractivity contribution in [1.29, 1.82) is 0 Å². The van der Waals surface area contributed by atoms with Crippen molar-refractivity contribution < 1.29 is 19.4 Å². The minimum absolute atomic E-state index is 0.214. The maximum absolute atomic E-state index is 12.7. The SMILES string of the molecule is Nc1ccc2cccc(Oc3ccc(C(=O)N[C@H](CC(=O)O)c4ccccc4)cc3)c2n1. The van der Waals surface area contributed by atoms with Crippen molar-refractivity contribution in [3.05, 3.63) is 96.1 Å². The van der Waals surface area contributed by atoms with Crippen LogP contribution < -0.4 is 15.8 Å². The van der Waals surface area contributed by atoms with Crippen molar-refractivity contribution in [1.82, 2.24) is 10.3 Å². The van der Waals surface area contributed by atoms with Crippen molar-refractivity contribution in [2.45, 2.75) is 12.5 Å². The van der Waals surface area contributed by atoms with Crippen LogP contribution in [0.5, 0.6) is 11.5 Å². The molecule has 0 radical (unpaired) electrons. The molecular formula is C25H21N3O4. The number of aliphatic carboxylic acids is 1. The van der Waals surface area contributed by atoms with E-state index in [4.69, 9.17) is 10.5 Å². The number of nitrogens with one attached hydrogen (secondary N) is 1. The third-order valence-electron chi connectivity index (χ3n) is 4.94. The molecule has 32 heavy (non-hydrogen) atoms. The third-order valence-corrected chi connectivity index (χ3v) is 4.94. The van der Waals surface area contributed by atoms with Crippen LogP contribution in [0, 0.1) is 0 Å². The highest BCUT2D eigenvalue weighted by Crippen LogP contribution is 2.29. The van der Waals surface area contributed by atoms with Crippen molar-refractivity contribution in [2.75, 3.05) is 5.73 Å². The number of nitrogen functional groups attached to an aromatic ring is 1. The predicted octanol–water partition coefficient (Wildman–Crippen LogP) is 4.56. The standard InChI is InChI=1S/C25H21N3O4/c26-22-14-11-17-7-4-8-21(24(17)28-22)32-19-12-9-18(10-13-19)25(31)27-20(15-23(29)30)16-5-2-1-3-6-16/h1-14,20H,15H2,(H2,26,28)(H,27,31)(H,29,30)/t20-/m1/s1. The number of fused-ring (bicyclic) bond motifs is 1. The van der Waals surface area contributed by atoms with E-state index in [9.17, 15) is 14.7 Å². The molecule has 0 saturated heterocycles. The number of nitrogens with zero attached hydrogens (tertiary/aromatic N) is 1. The molecule has 0 bridgehead atoms. The second kappa shape index (κ2) is 9.18. The van der Waals surface area contributed by atoms with Gasteiger partial charge < -0.3 is 20.9 Å². The molecule has 0 unspecified atom stereocenters. The first-order chi connectivity index (χ1) is 15.5. The first-order valence-corrected chi connectivity index (χ1v) is 10.0. The summed E-state index contributed by atoms with van der Waals surface area (Å²) in [5.74, 6) is 0.120. The molecule has 4 rings (SSSR count). The zero-order valence-electron chi connectivity index (χ0n) is 17.1. The number of carboxylic acid groups (broad SMARTS) is 1. The molecule has 1 aromatic heterocycles. The van der Waals surface area contributed by atoms with Crippen LogP contribution in [0.15, 0.2) is 84.9 Å². The Morgan fingerprint density at radius 2 is 1.69 bits per heavy atom. The van der Waals surface area contributed by atoms with Gasteiger partial charge in [0.2, 0.25) is 0 Å². The normalized spacial score (nSPS) is 11.6. The number of aromatic nitrogens is 1. The van der Waals surface area contributed by atoms with Crippen LogP contribution in [-0.2, 0) is 4.79 Å². The summed E-state index contributed by atoms with van der Waals surface area (Å²) in [6.07, 6.45) is -0.214. The van der Waals surface area contributed by atoms with E-state index in [0.29, 0.717) is 28.4 Å². The first kappa shape index (κ1) is 20.9. The monoisotopic (exact) mass is 427 g/mol. The maximum atomic E-state index is 12.7. The highest BCUT2D eigenvalue weighted by Gasteiger charge is 2.19. The number of ether oxygens (including phenoxy) is 1. The molecule has 0 saturated carbocycles. The van der Waals surface area contributed by atoms with E-state index in [1.807, 2.05) is 24.3 Å². The predicted molar refractivity (Wildman–Crippen MR) is 122 cm³/mol. The van der Waals surface area contributed by atoms with E-state index >= 15 is 0 Å². The molecule has 0 aliphatic heterocycles. The zero-order chi connectivity index (χ0) is 22.5. The van der Waals surface area contributed by atoms with Gasteiger partial charge >= 0.3 is 5.97 Å². The van der Waals surface area contributed by atoms with Gasteiger partial charge in [-0.25, -0.2) is 4.98 Å². The lowest BCUT2D eigenvalue weighted by atomic mass is 10.0. The molecule has 1 amide bonds. The molecule has 0 spiro atoms. The van der Waals surface area contributed by atoms with E-state index in [-0.39, 0.29) is 12.3 Å². The fraction of sp³-hybridized carbons (Fsp3) is 0.0800. The number of pyridine rings is 1. The van der Waals surface area contributed by atoms with Gasteiger partial charge in [0.1, 0.15) is 17.1 Å². The topological polar surface area (TPSA) is 115 Å². The second-order valence-electron chi connectivity index (χ2n) is 7.23. The molecule has 0 aliphatic rings. The molecular weight excluding hydrogens is 406 g/mol. The number of anilines is 1. The maximum Gasteiger partial charge on any atom is 0.305 e. The van der Waals surface area contributed by atoms with Crippen LogP contribution in [0.3, 0.4) is 0 Å². The van der Waals surface area contributed by atoms with Gasteiger partial charge in [0.15, 0.2) is 5.75 Å². The van der Waals surface area contributed by atoms with Crippen LogP contribution in [-0.4, -0.2) is 22.0 Å². The van der Waals surface area contributed by atoms with Crippen LogP contribution in [0.2, 0.25) is 0 Å². The number of carbonyl (C=O) groups is 2.